The molecule has 0 unspecified atom stereocenters. The van der Waals surface area contributed by atoms with Gasteiger partial charge in [-0.15, -0.1) is 0 Å². The zero-order valence-electron chi connectivity index (χ0n) is 8.17. The number of aliphatic hydroxyl groups excluding tert-OH is 1. The van der Waals surface area contributed by atoms with Gasteiger partial charge in [0.1, 0.15) is 0 Å². The number of halogens is 1. The van der Waals surface area contributed by atoms with Crippen LogP contribution in [0.2, 0.25) is 0 Å². The first kappa shape index (κ1) is 10.8. The van der Waals surface area contributed by atoms with Gasteiger partial charge in [-0.3, -0.25) is 0 Å². The highest BCUT2D eigenvalue weighted by Crippen LogP contribution is 2.34. The van der Waals surface area contributed by atoms with E-state index < -0.39 is 5.82 Å². The standard InChI is InChI=1S/C10H13FO3/c1-6-5-7(3-4-12)8(11)10(14-2)9(6)13/h5,12-13H,3-4H2,1-2H3. The van der Waals surface area contributed by atoms with Crippen molar-refractivity contribution in [3.8, 4) is 11.5 Å². The third kappa shape index (κ3) is 1.80. The Morgan fingerprint density at radius 1 is 1.50 bits per heavy atom. The molecule has 2 N–H and O–H groups in total. The van der Waals surface area contributed by atoms with Crippen LogP contribution < -0.4 is 4.74 Å². The Bertz CT molecular complexity index is 337. The van der Waals surface area contributed by atoms with Crippen LogP contribution in [0.3, 0.4) is 0 Å². The number of phenols is 1. The molecule has 0 bridgehead atoms. The molecule has 14 heavy (non-hydrogen) atoms. The van der Waals surface area contributed by atoms with Crippen LogP contribution in [0.5, 0.6) is 11.5 Å². The topological polar surface area (TPSA) is 49.7 Å². The Labute approximate surface area is 81.8 Å². The molecule has 78 valence electrons. The molecule has 0 fully saturated rings. The Balaban J connectivity index is 3.27. The van der Waals surface area contributed by atoms with E-state index in [2.05, 4.69) is 0 Å². The number of aryl methyl sites for hydroxylation is 1. The normalized spacial score (nSPS) is 10.3. The smallest absolute Gasteiger partial charge is 0.197 e. The number of benzene rings is 1. The van der Waals surface area contributed by atoms with Crippen LogP contribution in [0.15, 0.2) is 6.07 Å². The van der Waals surface area contributed by atoms with Crippen molar-refractivity contribution in [1.82, 2.24) is 0 Å². The molecule has 0 aliphatic rings. The summed E-state index contributed by atoms with van der Waals surface area (Å²) in [5, 5.41) is 18.1. The van der Waals surface area contributed by atoms with Gasteiger partial charge >= 0.3 is 0 Å². The maximum absolute atomic E-state index is 13.5. The van der Waals surface area contributed by atoms with E-state index in [1.54, 1.807) is 6.92 Å². The molecule has 1 aromatic carbocycles. The quantitative estimate of drug-likeness (QED) is 0.775. The van der Waals surface area contributed by atoms with Crippen molar-refractivity contribution in [2.24, 2.45) is 0 Å². The largest absolute Gasteiger partial charge is 0.504 e. The van der Waals surface area contributed by atoms with E-state index in [1.807, 2.05) is 0 Å². The van der Waals surface area contributed by atoms with Crippen molar-refractivity contribution >= 4 is 0 Å². The van der Waals surface area contributed by atoms with Crippen LogP contribution in [0.1, 0.15) is 11.1 Å². The fraction of sp³-hybridized carbons (Fsp3) is 0.400. The van der Waals surface area contributed by atoms with Crippen LogP contribution in [0.4, 0.5) is 4.39 Å². The van der Waals surface area contributed by atoms with E-state index in [9.17, 15) is 9.50 Å². The molecule has 0 saturated carbocycles. The first-order valence-electron chi connectivity index (χ1n) is 4.27. The molecule has 0 aliphatic heterocycles. The Morgan fingerprint density at radius 3 is 2.64 bits per heavy atom. The summed E-state index contributed by atoms with van der Waals surface area (Å²) in [4.78, 5) is 0. The average Bonchev–Trinajstić information content (AvgIpc) is 2.16. The second-order valence-electron chi connectivity index (χ2n) is 3.02. The van der Waals surface area contributed by atoms with E-state index in [4.69, 9.17) is 9.84 Å². The molecule has 0 saturated heterocycles. The predicted molar refractivity (Wildman–Crippen MR) is 50.1 cm³/mol. The number of aromatic hydroxyl groups is 1. The summed E-state index contributed by atoms with van der Waals surface area (Å²) >= 11 is 0. The first-order chi connectivity index (χ1) is 6.61. The molecule has 0 amide bonds. The molecule has 0 aliphatic carbocycles. The SMILES string of the molecule is COc1c(O)c(C)cc(CCO)c1F. The molecular formula is C10H13FO3. The number of ether oxygens (including phenoxy) is 1. The monoisotopic (exact) mass is 200 g/mol. The molecule has 0 spiro atoms. The lowest BCUT2D eigenvalue weighted by Crippen LogP contribution is -1.99. The highest BCUT2D eigenvalue weighted by atomic mass is 19.1. The molecule has 1 aromatic rings. The molecule has 4 heteroatoms. The lowest BCUT2D eigenvalue weighted by Gasteiger charge is -2.10. The third-order valence-corrected chi connectivity index (χ3v) is 2.05. The van der Waals surface area contributed by atoms with Gasteiger partial charge in [0.15, 0.2) is 17.3 Å². The zero-order chi connectivity index (χ0) is 10.7. The number of phenolic OH excluding ortho intramolecular Hbond substituents is 1. The van der Waals surface area contributed by atoms with Crippen molar-refractivity contribution in [3.05, 3.63) is 23.0 Å². The fourth-order valence-corrected chi connectivity index (χ4v) is 1.31. The van der Waals surface area contributed by atoms with E-state index in [0.717, 1.165) is 0 Å². The van der Waals surface area contributed by atoms with Gasteiger partial charge in [-0.25, -0.2) is 4.39 Å². The van der Waals surface area contributed by atoms with Gasteiger partial charge < -0.3 is 14.9 Å². The Hall–Kier alpha value is -1.29. The summed E-state index contributed by atoms with van der Waals surface area (Å²) in [6.45, 7) is 1.52. The minimum Gasteiger partial charge on any atom is -0.504 e. The highest BCUT2D eigenvalue weighted by molar-refractivity contribution is 5.49. The minimum absolute atomic E-state index is 0.135. The highest BCUT2D eigenvalue weighted by Gasteiger charge is 2.15. The maximum atomic E-state index is 13.5. The van der Waals surface area contributed by atoms with Gasteiger partial charge in [0, 0.05) is 6.61 Å². The molecule has 0 heterocycles. The van der Waals surface area contributed by atoms with E-state index in [-0.39, 0.29) is 24.5 Å². The van der Waals surface area contributed by atoms with Crippen molar-refractivity contribution in [2.45, 2.75) is 13.3 Å². The van der Waals surface area contributed by atoms with Gasteiger partial charge in [0.2, 0.25) is 0 Å². The molecule has 3 nitrogen and oxygen atoms in total. The van der Waals surface area contributed by atoms with Crippen LogP contribution in [-0.4, -0.2) is 23.9 Å². The lowest BCUT2D eigenvalue weighted by molar-refractivity contribution is 0.295. The number of aliphatic hydroxyl groups is 1. The summed E-state index contributed by atoms with van der Waals surface area (Å²) in [5.41, 5.74) is 0.881. The number of hydrogen-bond acceptors (Lipinski definition) is 3. The van der Waals surface area contributed by atoms with Crippen molar-refractivity contribution in [3.63, 3.8) is 0 Å². The maximum Gasteiger partial charge on any atom is 0.197 e. The second kappa shape index (κ2) is 4.28. The van der Waals surface area contributed by atoms with Crippen LogP contribution in [-0.2, 0) is 6.42 Å². The van der Waals surface area contributed by atoms with Crippen molar-refractivity contribution < 1.29 is 19.3 Å². The van der Waals surface area contributed by atoms with Crippen LogP contribution in [0.25, 0.3) is 0 Å². The third-order valence-electron chi connectivity index (χ3n) is 2.05. The predicted octanol–water partition coefficient (Wildman–Crippen LogP) is 1.38. The molecule has 0 aromatic heterocycles. The van der Waals surface area contributed by atoms with Gasteiger partial charge in [-0.1, -0.05) is 0 Å². The molecule has 1 rings (SSSR count). The molecule has 0 atom stereocenters. The van der Waals surface area contributed by atoms with E-state index in [0.29, 0.717) is 11.1 Å². The summed E-state index contributed by atoms with van der Waals surface area (Å²) < 4.78 is 18.2. The van der Waals surface area contributed by atoms with Crippen molar-refractivity contribution in [1.29, 1.82) is 0 Å². The lowest BCUT2D eigenvalue weighted by atomic mass is 10.1. The molecular weight excluding hydrogens is 187 g/mol. The number of rotatable bonds is 3. The zero-order valence-corrected chi connectivity index (χ0v) is 8.17. The summed E-state index contributed by atoms with van der Waals surface area (Å²) in [6.07, 6.45) is 0.212. The molecule has 0 radical (unpaired) electrons. The van der Waals surface area contributed by atoms with Crippen molar-refractivity contribution in [2.75, 3.05) is 13.7 Å². The van der Waals surface area contributed by atoms with Gasteiger partial charge in [-0.2, -0.15) is 0 Å². The van der Waals surface area contributed by atoms with Gasteiger partial charge in [-0.05, 0) is 30.5 Å². The van der Waals surface area contributed by atoms with Gasteiger partial charge in [0.25, 0.3) is 0 Å². The number of methoxy groups -OCH3 is 1. The summed E-state index contributed by atoms with van der Waals surface area (Å²) in [7, 11) is 1.29. The minimum atomic E-state index is -0.607. The van der Waals surface area contributed by atoms with E-state index >= 15 is 0 Å². The first-order valence-corrected chi connectivity index (χ1v) is 4.27. The summed E-state index contributed by atoms with van der Waals surface area (Å²) in [5.74, 6) is -0.954. The Morgan fingerprint density at radius 2 is 2.14 bits per heavy atom. The summed E-state index contributed by atoms with van der Waals surface area (Å²) in [6, 6.07) is 1.50. The fourth-order valence-electron chi connectivity index (χ4n) is 1.31. The average molecular weight is 200 g/mol. The number of hydrogen-bond donors (Lipinski definition) is 2. The Kier molecular flexibility index (Phi) is 3.30. The van der Waals surface area contributed by atoms with Crippen LogP contribution >= 0.6 is 0 Å². The van der Waals surface area contributed by atoms with E-state index in [1.165, 1.54) is 13.2 Å². The van der Waals surface area contributed by atoms with Crippen LogP contribution in [0, 0.1) is 12.7 Å². The van der Waals surface area contributed by atoms with Gasteiger partial charge in [0.05, 0.1) is 7.11 Å². The second-order valence-corrected chi connectivity index (χ2v) is 3.02.